The van der Waals surface area contributed by atoms with Gasteiger partial charge in [-0.15, -0.1) is 0 Å². The van der Waals surface area contributed by atoms with Crippen LogP contribution in [0.3, 0.4) is 0 Å². The summed E-state index contributed by atoms with van der Waals surface area (Å²) in [7, 11) is 0. The van der Waals surface area contributed by atoms with Crippen molar-refractivity contribution in [1.29, 1.82) is 0 Å². The monoisotopic (exact) mass is 406 g/mol. The number of carbonyl (C=O) groups excluding carboxylic acids is 2. The Morgan fingerprint density at radius 1 is 1.00 bits per heavy atom. The molecule has 2 N–H and O–H groups in total. The number of nitro benzene ring substituents is 2. The summed E-state index contributed by atoms with van der Waals surface area (Å²) < 4.78 is 0. The van der Waals surface area contributed by atoms with Gasteiger partial charge in [0.25, 0.3) is 11.4 Å². The number of nitrogens with one attached hydrogen (secondary N) is 2. The van der Waals surface area contributed by atoms with E-state index in [-0.39, 0.29) is 62.0 Å². The lowest BCUT2D eigenvalue weighted by atomic mass is 10.2. The topological polar surface area (TPSA) is 151 Å². The van der Waals surface area contributed by atoms with Gasteiger partial charge in [0.15, 0.2) is 0 Å². The Kier molecular flexibility index (Phi) is 6.22. The minimum atomic E-state index is -0.694. The van der Waals surface area contributed by atoms with E-state index in [1.165, 1.54) is 12.1 Å². The van der Waals surface area contributed by atoms with Gasteiger partial charge in [0, 0.05) is 32.2 Å². The molecular weight excluding hydrogens is 384 g/mol. The number of carbonyl (C=O) groups is 2. The molecule has 2 fully saturated rings. The molecule has 2 aliphatic heterocycles. The molecule has 2 saturated heterocycles. The summed E-state index contributed by atoms with van der Waals surface area (Å²) in [5.41, 5.74) is -0.577. The minimum Gasteiger partial charge on any atom is -0.362 e. The number of anilines is 1. The fourth-order valence-electron chi connectivity index (χ4n) is 3.71. The molecule has 2 aliphatic rings. The lowest BCUT2D eigenvalue weighted by Gasteiger charge is -2.28. The number of amides is 2. The van der Waals surface area contributed by atoms with Crippen molar-refractivity contribution in [3.63, 3.8) is 0 Å². The van der Waals surface area contributed by atoms with Crippen LogP contribution in [-0.2, 0) is 9.59 Å². The van der Waals surface area contributed by atoms with Gasteiger partial charge in [-0.2, -0.15) is 0 Å². The van der Waals surface area contributed by atoms with Crippen LogP contribution in [-0.4, -0.2) is 71.9 Å². The third-order valence-corrected chi connectivity index (χ3v) is 5.11. The van der Waals surface area contributed by atoms with Crippen LogP contribution in [0, 0.1) is 20.2 Å². The second-order valence-corrected chi connectivity index (χ2v) is 6.94. The molecule has 0 saturated carbocycles. The summed E-state index contributed by atoms with van der Waals surface area (Å²) in [5.74, 6) is -0.391. The first-order valence-corrected chi connectivity index (χ1v) is 9.33. The lowest BCUT2D eigenvalue weighted by Crippen LogP contribution is -2.50. The molecule has 156 valence electrons. The van der Waals surface area contributed by atoms with Gasteiger partial charge in [-0.3, -0.25) is 34.7 Å². The van der Waals surface area contributed by atoms with Crippen LogP contribution >= 0.6 is 0 Å². The maximum absolute atomic E-state index is 12.5. The first-order valence-electron chi connectivity index (χ1n) is 9.33. The predicted molar refractivity (Wildman–Crippen MR) is 103 cm³/mol. The van der Waals surface area contributed by atoms with Crippen LogP contribution in [0.4, 0.5) is 17.1 Å². The van der Waals surface area contributed by atoms with Gasteiger partial charge in [0.1, 0.15) is 5.69 Å². The highest BCUT2D eigenvalue weighted by Gasteiger charge is 2.32. The van der Waals surface area contributed by atoms with E-state index in [1.807, 2.05) is 4.90 Å². The average molecular weight is 406 g/mol. The molecule has 29 heavy (non-hydrogen) atoms. The molecule has 2 heterocycles. The zero-order valence-electron chi connectivity index (χ0n) is 15.7. The van der Waals surface area contributed by atoms with Crippen LogP contribution in [0.15, 0.2) is 18.2 Å². The Hall–Kier alpha value is -3.28. The van der Waals surface area contributed by atoms with Crippen LogP contribution in [0.1, 0.15) is 12.8 Å². The second kappa shape index (κ2) is 8.82. The first kappa shape index (κ1) is 20.5. The lowest BCUT2D eigenvalue weighted by molar-refractivity contribution is -0.393. The molecule has 3 rings (SSSR count). The highest BCUT2D eigenvalue weighted by molar-refractivity contribution is 5.84. The van der Waals surface area contributed by atoms with Gasteiger partial charge >= 0.3 is 0 Å². The number of nitro groups is 2. The van der Waals surface area contributed by atoms with Crippen molar-refractivity contribution < 1.29 is 19.4 Å². The van der Waals surface area contributed by atoms with Crippen molar-refractivity contribution in [1.82, 2.24) is 15.5 Å². The molecule has 12 nitrogen and oxygen atoms in total. The van der Waals surface area contributed by atoms with E-state index in [1.54, 1.807) is 4.90 Å². The molecule has 12 heteroatoms. The van der Waals surface area contributed by atoms with Crippen LogP contribution in [0.25, 0.3) is 0 Å². The van der Waals surface area contributed by atoms with Crippen molar-refractivity contribution in [2.24, 2.45) is 0 Å². The quantitative estimate of drug-likeness (QED) is 0.527. The van der Waals surface area contributed by atoms with E-state index in [9.17, 15) is 29.8 Å². The van der Waals surface area contributed by atoms with Crippen molar-refractivity contribution >= 4 is 28.9 Å². The molecule has 0 spiro atoms. The van der Waals surface area contributed by atoms with Gasteiger partial charge in [-0.25, -0.2) is 0 Å². The van der Waals surface area contributed by atoms with Crippen molar-refractivity contribution in [3.8, 4) is 0 Å². The number of hydrogen-bond acceptors (Lipinski definition) is 8. The number of non-ortho nitro benzene ring substituents is 1. The third kappa shape index (κ3) is 4.77. The molecule has 0 bridgehead atoms. The van der Waals surface area contributed by atoms with Crippen molar-refractivity contribution in [2.75, 3.05) is 44.2 Å². The summed E-state index contributed by atoms with van der Waals surface area (Å²) >= 11 is 0. The van der Waals surface area contributed by atoms with Crippen LogP contribution < -0.4 is 15.5 Å². The SMILES string of the molecule is O=C1CN2CCC[C@H]2C(=O)NCCN(c2ccc([N+](=O)[O-])cc2[N+](=O)[O-])CCN1. The summed E-state index contributed by atoms with van der Waals surface area (Å²) in [5, 5.41) is 28.0. The maximum Gasteiger partial charge on any atom is 0.299 e. The van der Waals surface area contributed by atoms with E-state index in [2.05, 4.69) is 10.6 Å². The normalized spacial score (nSPS) is 21.4. The van der Waals surface area contributed by atoms with E-state index >= 15 is 0 Å². The number of rotatable bonds is 3. The van der Waals surface area contributed by atoms with Gasteiger partial charge in [-0.1, -0.05) is 0 Å². The number of nitrogens with zero attached hydrogens (tertiary/aromatic N) is 4. The molecular formula is C17H22N6O6. The molecule has 1 aromatic carbocycles. The Balaban J connectivity index is 1.82. The standard InChI is InChI=1S/C17H22N6O6/c24-16-11-21-7-1-2-14(21)17(25)19-6-9-20(8-5-18-16)13-4-3-12(22(26)27)10-15(13)23(28)29/h3-4,10,14H,1-2,5-9,11H2,(H,18,24)(H,19,25)/t14-/m0/s1. The summed E-state index contributed by atoms with van der Waals surface area (Å²) in [4.78, 5) is 49.2. The fraction of sp³-hybridized carbons (Fsp3) is 0.529. The fourth-order valence-corrected chi connectivity index (χ4v) is 3.71. The van der Waals surface area contributed by atoms with Crippen molar-refractivity contribution in [2.45, 2.75) is 18.9 Å². The number of fused-ring (bicyclic) bond motifs is 1. The predicted octanol–water partition coefficient (Wildman–Crippen LogP) is 0.0198. The highest BCUT2D eigenvalue weighted by atomic mass is 16.6. The van der Waals surface area contributed by atoms with Gasteiger partial charge in [0.2, 0.25) is 11.8 Å². The zero-order chi connectivity index (χ0) is 21.0. The Labute approximate surface area is 166 Å². The van der Waals surface area contributed by atoms with E-state index in [0.717, 1.165) is 12.5 Å². The Morgan fingerprint density at radius 2 is 1.72 bits per heavy atom. The zero-order valence-corrected chi connectivity index (χ0v) is 15.7. The van der Waals surface area contributed by atoms with E-state index < -0.39 is 15.5 Å². The second-order valence-electron chi connectivity index (χ2n) is 6.94. The van der Waals surface area contributed by atoms with Crippen LogP contribution in [0.2, 0.25) is 0 Å². The molecule has 0 aliphatic carbocycles. The molecule has 2 amide bonds. The molecule has 0 unspecified atom stereocenters. The van der Waals surface area contributed by atoms with E-state index in [0.29, 0.717) is 13.0 Å². The third-order valence-electron chi connectivity index (χ3n) is 5.11. The van der Waals surface area contributed by atoms with Gasteiger partial charge in [-0.05, 0) is 25.5 Å². The van der Waals surface area contributed by atoms with Crippen molar-refractivity contribution in [3.05, 3.63) is 38.4 Å². The van der Waals surface area contributed by atoms with Crippen LogP contribution in [0.5, 0.6) is 0 Å². The summed E-state index contributed by atoms with van der Waals surface area (Å²) in [6.45, 7) is 1.82. The molecule has 0 aromatic heterocycles. The van der Waals surface area contributed by atoms with Gasteiger partial charge < -0.3 is 15.5 Å². The largest absolute Gasteiger partial charge is 0.362 e. The van der Waals surface area contributed by atoms with Gasteiger partial charge in [0.05, 0.1) is 28.5 Å². The van der Waals surface area contributed by atoms with E-state index in [4.69, 9.17) is 0 Å². The highest BCUT2D eigenvalue weighted by Crippen LogP contribution is 2.31. The number of hydrogen-bond donors (Lipinski definition) is 2. The minimum absolute atomic E-state index is 0.121. The average Bonchev–Trinajstić information content (AvgIpc) is 3.13. The molecule has 1 atom stereocenters. The smallest absolute Gasteiger partial charge is 0.299 e. The Bertz CT molecular complexity index is 831. The first-order chi connectivity index (χ1) is 13.9. The summed E-state index contributed by atoms with van der Waals surface area (Å²) in [6, 6.07) is 3.08. The molecule has 0 radical (unpaired) electrons. The maximum atomic E-state index is 12.5. The summed E-state index contributed by atoms with van der Waals surface area (Å²) in [6.07, 6.45) is 1.52. The Morgan fingerprint density at radius 3 is 2.41 bits per heavy atom. The molecule has 1 aromatic rings. The number of benzene rings is 1.